The molecular weight excluding hydrogens is 378 g/mol. The van der Waals surface area contributed by atoms with Gasteiger partial charge in [-0.3, -0.25) is 14.6 Å². The minimum absolute atomic E-state index is 0.0236. The van der Waals surface area contributed by atoms with E-state index in [0.29, 0.717) is 23.1 Å². The van der Waals surface area contributed by atoms with Crippen LogP contribution in [-0.2, 0) is 9.59 Å². The molecule has 2 aliphatic rings. The van der Waals surface area contributed by atoms with Gasteiger partial charge in [0.1, 0.15) is 23.7 Å². The van der Waals surface area contributed by atoms with E-state index in [1.807, 2.05) is 42.5 Å². The first-order valence-electron chi connectivity index (χ1n) is 10.4. The molecule has 4 rings (SSSR count). The van der Waals surface area contributed by atoms with Crippen LogP contribution in [-0.4, -0.2) is 41.7 Å². The molecule has 1 spiro atoms. The van der Waals surface area contributed by atoms with Gasteiger partial charge >= 0.3 is 0 Å². The van der Waals surface area contributed by atoms with Crippen molar-refractivity contribution in [3.63, 3.8) is 0 Å². The monoisotopic (exact) mass is 405 g/mol. The summed E-state index contributed by atoms with van der Waals surface area (Å²) in [5, 5.41) is 2.89. The molecule has 1 heterocycles. The highest BCUT2D eigenvalue weighted by molar-refractivity contribution is 6.47. The van der Waals surface area contributed by atoms with E-state index in [0.717, 1.165) is 31.2 Å². The average molecular weight is 405 g/mol. The molecule has 1 fully saturated rings. The molecule has 2 amide bonds. The lowest BCUT2D eigenvalue weighted by Crippen LogP contribution is -2.51. The van der Waals surface area contributed by atoms with Gasteiger partial charge in [-0.25, -0.2) is 0 Å². The lowest BCUT2D eigenvalue weighted by molar-refractivity contribution is -0.134. The Labute approximate surface area is 176 Å². The number of nitrogens with zero attached hydrogens (tertiary/aromatic N) is 2. The number of aliphatic imine (C=N–C) groups is 1. The Morgan fingerprint density at radius 1 is 1.17 bits per heavy atom. The van der Waals surface area contributed by atoms with Crippen LogP contribution in [0, 0.1) is 5.92 Å². The van der Waals surface area contributed by atoms with Crippen LogP contribution in [0.5, 0.6) is 5.75 Å². The summed E-state index contributed by atoms with van der Waals surface area (Å²) >= 11 is 0. The van der Waals surface area contributed by atoms with E-state index in [4.69, 9.17) is 9.73 Å². The first-order valence-corrected chi connectivity index (χ1v) is 10.4. The molecule has 30 heavy (non-hydrogen) atoms. The van der Waals surface area contributed by atoms with Crippen LogP contribution in [0.15, 0.2) is 59.6 Å². The molecule has 0 saturated heterocycles. The fraction of sp³-hybridized carbons (Fsp3) is 0.375. The lowest BCUT2D eigenvalue weighted by atomic mass is 9.82. The molecule has 0 atom stereocenters. The molecule has 1 aliphatic heterocycles. The maximum atomic E-state index is 13.3. The molecule has 1 aliphatic carbocycles. The first-order chi connectivity index (χ1) is 14.5. The number of amides is 2. The summed E-state index contributed by atoms with van der Waals surface area (Å²) in [4.78, 5) is 32.8. The topological polar surface area (TPSA) is 71.0 Å². The molecule has 156 valence electrons. The molecule has 0 radical (unpaired) electrons. The average Bonchev–Trinajstić information content (AvgIpc) is 3.03. The molecular formula is C24H27N3O3. The highest BCUT2D eigenvalue weighted by Crippen LogP contribution is 2.41. The Balaban J connectivity index is 1.57. The molecule has 2 aromatic rings. The van der Waals surface area contributed by atoms with E-state index in [1.54, 1.807) is 24.1 Å². The highest BCUT2D eigenvalue weighted by Gasteiger charge is 2.49. The van der Waals surface area contributed by atoms with Crippen LogP contribution in [0.2, 0.25) is 0 Å². The third-order valence-corrected chi connectivity index (χ3v) is 6.05. The maximum absolute atomic E-state index is 13.3. The Morgan fingerprint density at radius 3 is 2.60 bits per heavy atom. The summed E-state index contributed by atoms with van der Waals surface area (Å²) in [6.07, 6.45) is 3.55. The Hall–Kier alpha value is -3.15. The van der Waals surface area contributed by atoms with Crippen molar-refractivity contribution in [3.8, 4) is 5.75 Å². The van der Waals surface area contributed by atoms with Crippen LogP contribution in [0.1, 0.15) is 38.2 Å². The van der Waals surface area contributed by atoms with Crippen molar-refractivity contribution in [2.45, 2.75) is 38.3 Å². The number of benzene rings is 2. The summed E-state index contributed by atoms with van der Waals surface area (Å²) in [7, 11) is 1.58. The second-order valence-corrected chi connectivity index (χ2v) is 8.16. The second kappa shape index (κ2) is 8.30. The zero-order valence-electron chi connectivity index (χ0n) is 17.4. The highest BCUT2D eigenvalue weighted by atomic mass is 16.5. The summed E-state index contributed by atoms with van der Waals surface area (Å²) in [6.45, 7) is 2.20. The smallest absolute Gasteiger partial charge is 0.275 e. The van der Waals surface area contributed by atoms with Crippen LogP contribution < -0.4 is 10.1 Å². The summed E-state index contributed by atoms with van der Waals surface area (Å²) in [5.74, 6) is 0.863. The number of hydrogen-bond donors (Lipinski definition) is 1. The predicted molar refractivity (Wildman–Crippen MR) is 117 cm³/mol. The van der Waals surface area contributed by atoms with Crippen LogP contribution >= 0.6 is 0 Å². The SMILES string of the molecule is COc1cccc(NC(=O)CN2C(=O)C(c3ccccc3)=NC23CCC(C)CC3)c1. The van der Waals surface area contributed by atoms with E-state index in [1.165, 1.54) is 0 Å². The van der Waals surface area contributed by atoms with Crippen molar-refractivity contribution >= 4 is 23.2 Å². The number of carbonyl (C=O) groups is 2. The van der Waals surface area contributed by atoms with Gasteiger partial charge in [0.15, 0.2) is 0 Å². The summed E-state index contributed by atoms with van der Waals surface area (Å²) in [5.41, 5.74) is 1.28. The van der Waals surface area contributed by atoms with Gasteiger partial charge in [0.25, 0.3) is 5.91 Å². The van der Waals surface area contributed by atoms with Gasteiger partial charge in [-0.1, -0.05) is 43.3 Å². The molecule has 0 aromatic heterocycles. The predicted octanol–water partition coefficient (Wildman–Crippen LogP) is 3.87. The third-order valence-electron chi connectivity index (χ3n) is 6.05. The molecule has 6 heteroatoms. The lowest BCUT2D eigenvalue weighted by Gasteiger charge is -2.40. The van der Waals surface area contributed by atoms with Crippen molar-refractivity contribution in [2.24, 2.45) is 10.9 Å². The molecule has 0 bridgehead atoms. The van der Waals surface area contributed by atoms with Crippen molar-refractivity contribution in [2.75, 3.05) is 19.0 Å². The summed E-state index contributed by atoms with van der Waals surface area (Å²) < 4.78 is 5.22. The zero-order chi connectivity index (χ0) is 21.1. The number of carbonyl (C=O) groups excluding carboxylic acids is 2. The minimum Gasteiger partial charge on any atom is -0.497 e. The fourth-order valence-corrected chi connectivity index (χ4v) is 4.29. The molecule has 2 aromatic carbocycles. The van der Waals surface area contributed by atoms with Gasteiger partial charge in [0.05, 0.1) is 7.11 Å². The van der Waals surface area contributed by atoms with Crippen molar-refractivity contribution in [1.29, 1.82) is 0 Å². The van der Waals surface area contributed by atoms with Crippen LogP contribution in [0.25, 0.3) is 0 Å². The fourth-order valence-electron chi connectivity index (χ4n) is 4.29. The summed E-state index contributed by atoms with van der Waals surface area (Å²) in [6, 6.07) is 16.7. The van der Waals surface area contributed by atoms with Crippen LogP contribution in [0.3, 0.4) is 0 Å². The Bertz CT molecular complexity index is 963. The quantitative estimate of drug-likeness (QED) is 0.821. The number of hydrogen-bond acceptors (Lipinski definition) is 4. The standard InChI is InChI=1S/C24H27N3O3/c1-17-11-13-24(14-12-17)26-22(18-7-4-3-5-8-18)23(29)27(24)16-21(28)25-19-9-6-10-20(15-19)30-2/h3-10,15,17H,11-14,16H2,1-2H3,(H,25,28). The molecule has 1 saturated carbocycles. The number of nitrogens with one attached hydrogen (secondary N) is 1. The van der Waals surface area contributed by atoms with Crippen molar-refractivity contribution in [1.82, 2.24) is 4.90 Å². The van der Waals surface area contributed by atoms with E-state index < -0.39 is 5.66 Å². The second-order valence-electron chi connectivity index (χ2n) is 8.16. The van der Waals surface area contributed by atoms with Crippen molar-refractivity contribution in [3.05, 3.63) is 60.2 Å². The van der Waals surface area contributed by atoms with Gasteiger partial charge < -0.3 is 15.0 Å². The first kappa shape index (κ1) is 20.1. The van der Waals surface area contributed by atoms with E-state index in [-0.39, 0.29) is 18.4 Å². The number of methoxy groups -OCH3 is 1. The normalized spacial score (nSPS) is 23.4. The van der Waals surface area contributed by atoms with Gasteiger partial charge in [-0.15, -0.1) is 0 Å². The van der Waals surface area contributed by atoms with E-state index >= 15 is 0 Å². The van der Waals surface area contributed by atoms with Crippen molar-refractivity contribution < 1.29 is 14.3 Å². The van der Waals surface area contributed by atoms with Crippen LogP contribution in [0.4, 0.5) is 5.69 Å². The molecule has 0 unspecified atom stereocenters. The molecule has 6 nitrogen and oxygen atoms in total. The van der Waals surface area contributed by atoms with E-state index in [2.05, 4.69) is 12.2 Å². The third kappa shape index (κ3) is 3.95. The van der Waals surface area contributed by atoms with Gasteiger partial charge in [0, 0.05) is 17.3 Å². The molecule has 1 N–H and O–H groups in total. The maximum Gasteiger partial charge on any atom is 0.275 e. The number of ether oxygens (including phenoxy) is 1. The van der Waals surface area contributed by atoms with E-state index in [9.17, 15) is 9.59 Å². The number of rotatable bonds is 5. The van der Waals surface area contributed by atoms with Gasteiger partial charge in [0.2, 0.25) is 5.91 Å². The zero-order valence-corrected chi connectivity index (χ0v) is 17.4. The minimum atomic E-state index is -0.625. The Kier molecular flexibility index (Phi) is 5.57. The Morgan fingerprint density at radius 2 is 1.90 bits per heavy atom. The largest absolute Gasteiger partial charge is 0.497 e. The number of anilines is 1. The van der Waals surface area contributed by atoms with Gasteiger partial charge in [-0.2, -0.15) is 0 Å². The van der Waals surface area contributed by atoms with Gasteiger partial charge in [-0.05, 0) is 43.7 Å².